The first-order chi connectivity index (χ1) is 12.7. The van der Waals surface area contributed by atoms with E-state index in [1.54, 1.807) is 7.11 Å². The van der Waals surface area contributed by atoms with E-state index in [0.29, 0.717) is 34.8 Å². The average Bonchev–Trinajstić information content (AvgIpc) is 3.39. The number of nitrogens with zero attached hydrogens (tertiary/aromatic N) is 2. The molecule has 1 aromatic carbocycles. The normalized spacial score (nSPS) is 25.5. The lowest BCUT2D eigenvalue weighted by molar-refractivity contribution is 0.340. The summed E-state index contributed by atoms with van der Waals surface area (Å²) < 4.78 is 22.9. The molecule has 3 fully saturated rings. The maximum atomic E-state index is 15.1. The molecular weight excluding hydrogens is 333 g/mol. The van der Waals surface area contributed by atoms with Gasteiger partial charge in [0, 0.05) is 37.4 Å². The number of ether oxygens (including phenoxy) is 1. The zero-order chi connectivity index (χ0) is 17.8. The van der Waals surface area contributed by atoms with E-state index < -0.39 is 0 Å². The first-order valence-corrected chi connectivity index (χ1v) is 9.57. The van der Waals surface area contributed by atoms with E-state index in [9.17, 15) is 4.79 Å². The van der Waals surface area contributed by atoms with Gasteiger partial charge in [-0.05, 0) is 44.2 Å². The topological polar surface area (TPSA) is 46.5 Å². The molecule has 2 aliphatic heterocycles. The first kappa shape index (κ1) is 16.1. The molecule has 0 amide bonds. The number of fused-ring (bicyclic) bond motifs is 2. The Kier molecular flexibility index (Phi) is 3.71. The van der Waals surface area contributed by atoms with Crippen molar-refractivity contribution in [2.45, 2.75) is 37.8 Å². The minimum Gasteiger partial charge on any atom is -0.492 e. The Morgan fingerprint density at radius 1 is 1.27 bits per heavy atom. The number of piperidine rings is 1. The highest BCUT2D eigenvalue weighted by Gasteiger charge is 2.37. The van der Waals surface area contributed by atoms with Crippen LogP contribution in [0.4, 0.5) is 10.1 Å². The molecule has 26 heavy (non-hydrogen) atoms. The van der Waals surface area contributed by atoms with Gasteiger partial charge in [0.1, 0.15) is 5.69 Å². The molecule has 1 saturated carbocycles. The van der Waals surface area contributed by atoms with Crippen molar-refractivity contribution < 1.29 is 9.13 Å². The molecule has 3 aliphatic rings. The molecule has 1 aliphatic carbocycles. The lowest BCUT2D eigenvalue weighted by atomic mass is 9.94. The number of benzene rings is 1. The Morgan fingerprint density at radius 2 is 2.12 bits per heavy atom. The van der Waals surface area contributed by atoms with Gasteiger partial charge in [-0.3, -0.25) is 4.79 Å². The van der Waals surface area contributed by atoms with Crippen LogP contribution in [-0.4, -0.2) is 37.4 Å². The van der Waals surface area contributed by atoms with E-state index in [0.717, 1.165) is 38.0 Å². The molecule has 2 aromatic rings. The first-order valence-electron chi connectivity index (χ1n) is 9.57. The van der Waals surface area contributed by atoms with Crippen LogP contribution in [0, 0.1) is 11.7 Å². The third-order valence-corrected chi connectivity index (χ3v) is 6.15. The Bertz CT molecular complexity index is 907. The van der Waals surface area contributed by atoms with Crippen LogP contribution in [0.15, 0.2) is 23.1 Å². The highest BCUT2D eigenvalue weighted by molar-refractivity contribution is 5.91. The van der Waals surface area contributed by atoms with Crippen LogP contribution in [0.3, 0.4) is 0 Å². The smallest absolute Gasteiger partial charge is 0.189 e. The van der Waals surface area contributed by atoms with Gasteiger partial charge in [0.15, 0.2) is 17.0 Å². The van der Waals surface area contributed by atoms with Gasteiger partial charge in [-0.15, -0.1) is 0 Å². The standard InChI is InChI=1S/C20H24FN3O2/c1-26-20-18-14(17(25)6-8-24(18)13-4-5-13)9-15(21)19(20)23-10-12-3-2-7-22-16(12)11-23/h6,8-9,12-13,16,22H,2-5,7,10-11H2,1H3/t12-,16-/m0/s1. The number of halogens is 1. The van der Waals surface area contributed by atoms with E-state index in [2.05, 4.69) is 14.8 Å². The van der Waals surface area contributed by atoms with Crippen molar-refractivity contribution in [3.63, 3.8) is 0 Å². The quantitative estimate of drug-likeness (QED) is 0.917. The fourth-order valence-corrected chi connectivity index (χ4v) is 4.74. The molecular formula is C20H24FN3O2. The van der Waals surface area contributed by atoms with E-state index >= 15 is 4.39 Å². The summed E-state index contributed by atoms with van der Waals surface area (Å²) in [7, 11) is 1.58. The molecule has 138 valence electrons. The van der Waals surface area contributed by atoms with Crippen LogP contribution in [0.2, 0.25) is 0 Å². The second-order valence-corrected chi connectivity index (χ2v) is 7.82. The third kappa shape index (κ3) is 2.42. The van der Waals surface area contributed by atoms with Gasteiger partial charge in [0.05, 0.1) is 18.0 Å². The van der Waals surface area contributed by atoms with Gasteiger partial charge < -0.3 is 19.5 Å². The Balaban J connectivity index is 1.69. The van der Waals surface area contributed by atoms with Gasteiger partial charge in [-0.1, -0.05) is 0 Å². The van der Waals surface area contributed by atoms with Crippen molar-refractivity contribution in [2.75, 3.05) is 31.6 Å². The molecule has 6 heteroatoms. The molecule has 2 saturated heterocycles. The third-order valence-electron chi connectivity index (χ3n) is 6.15. The second kappa shape index (κ2) is 5.98. The summed E-state index contributed by atoms with van der Waals surface area (Å²) in [5, 5.41) is 3.97. The summed E-state index contributed by atoms with van der Waals surface area (Å²) in [5.74, 6) is 0.687. The van der Waals surface area contributed by atoms with E-state index in [4.69, 9.17) is 4.74 Å². The molecule has 5 nitrogen and oxygen atoms in total. The van der Waals surface area contributed by atoms with Crippen LogP contribution in [0.1, 0.15) is 31.7 Å². The maximum Gasteiger partial charge on any atom is 0.189 e. The molecule has 0 bridgehead atoms. The number of hydrogen-bond acceptors (Lipinski definition) is 4. The summed E-state index contributed by atoms with van der Waals surface area (Å²) >= 11 is 0. The van der Waals surface area contributed by atoms with Gasteiger partial charge in [-0.25, -0.2) is 4.39 Å². The molecule has 0 unspecified atom stereocenters. The summed E-state index contributed by atoms with van der Waals surface area (Å²) in [6.45, 7) is 2.65. The molecule has 3 heterocycles. The number of methoxy groups -OCH3 is 1. The van der Waals surface area contributed by atoms with Crippen molar-refractivity contribution in [1.29, 1.82) is 0 Å². The van der Waals surface area contributed by atoms with Crippen LogP contribution in [0.25, 0.3) is 10.9 Å². The van der Waals surface area contributed by atoms with Gasteiger partial charge in [0.25, 0.3) is 0 Å². The Morgan fingerprint density at radius 3 is 2.85 bits per heavy atom. The SMILES string of the molecule is COc1c(N2C[C@@H]3CCCN[C@H]3C2)c(F)cc2c(=O)ccn(C3CC3)c12. The van der Waals surface area contributed by atoms with Crippen LogP contribution >= 0.6 is 0 Å². The molecule has 0 radical (unpaired) electrons. The molecule has 2 atom stereocenters. The number of hydrogen-bond donors (Lipinski definition) is 1. The molecule has 1 N–H and O–H groups in total. The number of rotatable bonds is 3. The predicted molar refractivity (Wildman–Crippen MR) is 99.7 cm³/mol. The Labute approximate surface area is 151 Å². The van der Waals surface area contributed by atoms with E-state index in [1.165, 1.54) is 25.0 Å². The van der Waals surface area contributed by atoms with Crippen molar-refractivity contribution in [3.05, 3.63) is 34.4 Å². The van der Waals surface area contributed by atoms with Crippen LogP contribution in [0.5, 0.6) is 5.75 Å². The van der Waals surface area contributed by atoms with Gasteiger partial charge in [0.2, 0.25) is 0 Å². The number of aromatic nitrogens is 1. The fourth-order valence-electron chi connectivity index (χ4n) is 4.74. The molecule has 0 spiro atoms. The van der Waals surface area contributed by atoms with Crippen molar-refractivity contribution in [1.82, 2.24) is 9.88 Å². The second-order valence-electron chi connectivity index (χ2n) is 7.82. The van der Waals surface area contributed by atoms with Crippen molar-refractivity contribution in [3.8, 4) is 5.75 Å². The van der Waals surface area contributed by atoms with Gasteiger partial charge in [-0.2, -0.15) is 0 Å². The molecule has 5 rings (SSSR count). The number of pyridine rings is 1. The zero-order valence-corrected chi connectivity index (χ0v) is 15.0. The monoisotopic (exact) mass is 357 g/mol. The largest absolute Gasteiger partial charge is 0.492 e. The lowest BCUT2D eigenvalue weighted by Gasteiger charge is -2.24. The highest BCUT2D eigenvalue weighted by atomic mass is 19.1. The zero-order valence-electron chi connectivity index (χ0n) is 15.0. The van der Waals surface area contributed by atoms with Crippen LogP contribution in [-0.2, 0) is 0 Å². The summed E-state index contributed by atoms with van der Waals surface area (Å²) in [5.41, 5.74) is 1.09. The predicted octanol–water partition coefficient (Wildman–Crippen LogP) is 2.67. The van der Waals surface area contributed by atoms with E-state index in [1.807, 2.05) is 6.20 Å². The summed E-state index contributed by atoms with van der Waals surface area (Å²) in [6, 6.07) is 3.73. The van der Waals surface area contributed by atoms with Gasteiger partial charge >= 0.3 is 0 Å². The summed E-state index contributed by atoms with van der Waals surface area (Å²) in [6.07, 6.45) is 6.36. The Hall–Kier alpha value is -2.08. The highest BCUT2D eigenvalue weighted by Crippen LogP contribution is 2.44. The van der Waals surface area contributed by atoms with Crippen LogP contribution < -0.4 is 20.4 Å². The number of nitrogens with one attached hydrogen (secondary N) is 1. The molecule has 1 aromatic heterocycles. The van der Waals surface area contributed by atoms with E-state index in [-0.39, 0.29) is 11.2 Å². The summed E-state index contributed by atoms with van der Waals surface area (Å²) in [4.78, 5) is 14.5. The van der Waals surface area contributed by atoms with Crippen molar-refractivity contribution >= 4 is 16.6 Å². The average molecular weight is 357 g/mol. The minimum atomic E-state index is -0.362. The minimum absolute atomic E-state index is 0.155. The lowest BCUT2D eigenvalue weighted by Crippen LogP contribution is -2.40. The maximum absolute atomic E-state index is 15.1. The fraction of sp³-hybridized carbons (Fsp3) is 0.550. The van der Waals surface area contributed by atoms with Crippen molar-refractivity contribution in [2.24, 2.45) is 5.92 Å². The number of anilines is 1.